The van der Waals surface area contributed by atoms with Crippen molar-refractivity contribution in [3.05, 3.63) is 60.4 Å². The van der Waals surface area contributed by atoms with Crippen LogP contribution in [0, 0.1) is 11.2 Å². The largest absolute Gasteiger partial charge is 0.493 e. The monoisotopic (exact) mass is 476 g/mol. The molecule has 0 aromatic heterocycles. The van der Waals surface area contributed by atoms with Crippen molar-refractivity contribution >= 4 is 15.9 Å². The number of piperidine rings is 1. The van der Waals surface area contributed by atoms with Crippen LogP contribution in [-0.2, 0) is 19.6 Å². The van der Waals surface area contributed by atoms with Gasteiger partial charge in [-0.3, -0.25) is 4.79 Å². The van der Waals surface area contributed by atoms with Gasteiger partial charge in [0.2, 0.25) is 15.9 Å². The summed E-state index contributed by atoms with van der Waals surface area (Å²) >= 11 is 0. The maximum Gasteiger partial charge on any atom is 0.243 e. The minimum absolute atomic E-state index is 0.0176. The molecule has 0 bridgehead atoms. The first-order valence-electron chi connectivity index (χ1n) is 11.2. The van der Waals surface area contributed by atoms with Crippen molar-refractivity contribution in [2.75, 3.05) is 46.0 Å². The molecule has 1 atom stereocenters. The topological polar surface area (TPSA) is 76.2 Å². The van der Waals surface area contributed by atoms with Crippen LogP contribution in [0.4, 0.5) is 4.39 Å². The van der Waals surface area contributed by atoms with Gasteiger partial charge in [-0.2, -0.15) is 4.31 Å². The Bertz CT molecular complexity index is 1040. The molecular formula is C24H29FN2O5S. The Morgan fingerprint density at radius 2 is 1.73 bits per heavy atom. The third-order valence-corrected chi connectivity index (χ3v) is 8.12. The minimum atomic E-state index is -3.83. The molecule has 4 rings (SSSR count). The lowest BCUT2D eigenvalue weighted by molar-refractivity contribution is -0.139. The van der Waals surface area contributed by atoms with Crippen molar-refractivity contribution in [1.29, 1.82) is 0 Å². The number of amides is 1. The summed E-state index contributed by atoms with van der Waals surface area (Å²) in [6.07, 6.45) is 1.47. The normalized spacial score (nSPS) is 22.2. The van der Waals surface area contributed by atoms with Crippen LogP contribution in [0.3, 0.4) is 0 Å². The Morgan fingerprint density at radius 3 is 2.42 bits per heavy atom. The molecule has 2 saturated heterocycles. The van der Waals surface area contributed by atoms with Crippen LogP contribution in [0.5, 0.6) is 5.75 Å². The van der Waals surface area contributed by atoms with E-state index in [-0.39, 0.29) is 30.4 Å². The number of ether oxygens (including phenoxy) is 2. The molecule has 0 unspecified atom stereocenters. The Balaban J connectivity index is 1.57. The van der Waals surface area contributed by atoms with E-state index < -0.39 is 21.3 Å². The summed E-state index contributed by atoms with van der Waals surface area (Å²) in [6, 6.07) is 14.2. The van der Waals surface area contributed by atoms with Crippen LogP contribution in [0.25, 0.3) is 0 Å². The molecular weight excluding hydrogens is 447 g/mol. The van der Waals surface area contributed by atoms with Gasteiger partial charge in [0.1, 0.15) is 11.6 Å². The third kappa shape index (κ3) is 5.72. The van der Waals surface area contributed by atoms with E-state index in [1.165, 1.54) is 16.4 Å². The summed E-state index contributed by atoms with van der Waals surface area (Å²) in [6.45, 7) is 2.81. The predicted octanol–water partition coefficient (Wildman–Crippen LogP) is 2.92. The number of hydrogen-bond donors (Lipinski definition) is 0. The number of carbonyl (C=O) groups is 1. The number of para-hydroxylation sites is 1. The van der Waals surface area contributed by atoms with Gasteiger partial charge in [-0.25, -0.2) is 12.8 Å². The lowest BCUT2D eigenvalue weighted by Crippen LogP contribution is -2.51. The molecule has 0 spiro atoms. The maximum absolute atomic E-state index is 13.3. The van der Waals surface area contributed by atoms with Crippen molar-refractivity contribution in [2.45, 2.75) is 24.2 Å². The second-order valence-electron chi connectivity index (χ2n) is 8.67. The van der Waals surface area contributed by atoms with Crippen LogP contribution in [0.15, 0.2) is 59.5 Å². The van der Waals surface area contributed by atoms with Gasteiger partial charge in [-0.05, 0) is 49.2 Å². The number of halogens is 1. The van der Waals surface area contributed by atoms with Gasteiger partial charge in [-0.15, -0.1) is 0 Å². The third-order valence-electron chi connectivity index (χ3n) is 6.26. The second kappa shape index (κ2) is 10.2. The Labute approximate surface area is 194 Å². The van der Waals surface area contributed by atoms with Gasteiger partial charge >= 0.3 is 0 Å². The van der Waals surface area contributed by atoms with E-state index in [0.29, 0.717) is 51.4 Å². The molecule has 0 aliphatic carbocycles. The first-order valence-corrected chi connectivity index (χ1v) is 12.6. The highest BCUT2D eigenvalue weighted by atomic mass is 32.2. The Kier molecular flexibility index (Phi) is 7.31. The fraction of sp³-hybridized carbons (Fsp3) is 0.458. The number of carbonyl (C=O) groups excluding carboxylic acids is 1. The smallest absolute Gasteiger partial charge is 0.243 e. The SMILES string of the molecule is O=C(C[C@@]1(COc2ccccc2)CCCN(S(=O)(=O)c2ccc(F)cc2)C1)N1CCOCC1. The van der Waals surface area contributed by atoms with Gasteiger partial charge in [-0.1, -0.05) is 18.2 Å². The molecule has 0 radical (unpaired) electrons. The fourth-order valence-corrected chi connectivity index (χ4v) is 6.03. The Morgan fingerprint density at radius 1 is 1.03 bits per heavy atom. The molecule has 2 aromatic carbocycles. The van der Waals surface area contributed by atoms with E-state index in [9.17, 15) is 17.6 Å². The zero-order valence-electron chi connectivity index (χ0n) is 18.5. The molecule has 33 heavy (non-hydrogen) atoms. The molecule has 1 amide bonds. The molecule has 0 N–H and O–H groups in total. The molecule has 178 valence electrons. The van der Waals surface area contributed by atoms with Gasteiger partial charge < -0.3 is 14.4 Å². The number of hydrogen-bond acceptors (Lipinski definition) is 5. The van der Waals surface area contributed by atoms with Crippen molar-refractivity contribution in [3.8, 4) is 5.75 Å². The molecule has 2 heterocycles. The number of benzene rings is 2. The van der Waals surface area contributed by atoms with Crippen molar-refractivity contribution in [2.24, 2.45) is 5.41 Å². The lowest BCUT2D eigenvalue weighted by atomic mass is 9.78. The average Bonchev–Trinajstić information content (AvgIpc) is 2.84. The fourth-order valence-electron chi connectivity index (χ4n) is 4.44. The zero-order valence-corrected chi connectivity index (χ0v) is 19.3. The van der Waals surface area contributed by atoms with E-state index >= 15 is 0 Å². The summed E-state index contributed by atoms with van der Waals surface area (Å²) in [5, 5.41) is 0. The number of nitrogens with zero attached hydrogens (tertiary/aromatic N) is 2. The van der Waals surface area contributed by atoms with E-state index in [1.54, 1.807) is 4.90 Å². The number of rotatable bonds is 7. The van der Waals surface area contributed by atoms with Crippen molar-refractivity contribution in [3.63, 3.8) is 0 Å². The van der Waals surface area contributed by atoms with Crippen LogP contribution in [0.2, 0.25) is 0 Å². The van der Waals surface area contributed by atoms with Crippen LogP contribution < -0.4 is 4.74 Å². The minimum Gasteiger partial charge on any atom is -0.493 e. The first kappa shape index (κ1) is 23.7. The van der Waals surface area contributed by atoms with Gasteiger partial charge in [0, 0.05) is 38.0 Å². The zero-order chi connectivity index (χ0) is 23.3. The molecule has 2 fully saturated rings. The lowest BCUT2D eigenvalue weighted by Gasteiger charge is -2.42. The number of sulfonamides is 1. The molecule has 2 aromatic rings. The highest BCUT2D eigenvalue weighted by Gasteiger charge is 2.43. The van der Waals surface area contributed by atoms with Gasteiger partial charge in [0.05, 0.1) is 24.7 Å². The highest BCUT2D eigenvalue weighted by molar-refractivity contribution is 7.89. The second-order valence-corrected chi connectivity index (χ2v) is 10.6. The number of morpholine rings is 1. The van der Waals surface area contributed by atoms with Crippen LogP contribution >= 0.6 is 0 Å². The highest BCUT2D eigenvalue weighted by Crippen LogP contribution is 2.37. The molecule has 0 saturated carbocycles. The van der Waals surface area contributed by atoms with Crippen LogP contribution in [-0.4, -0.2) is 69.5 Å². The van der Waals surface area contributed by atoms with Crippen molar-refractivity contribution in [1.82, 2.24) is 9.21 Å². The van der Waals surface area contributed by atoms with E-state index in [2.05, 4.69) is 0 Å². The summed E-state index contributed by atoms with van der Waals surface area (Å²) in [5.74, 6) is 0.166. The summed E-state index contributed by atoms with van der Waals surface area (Å²) < 4.78 is 52.8. The molecule has 7 nitrogen and oxygen atoms in total. The summed E-state index contributed by atoms with van der Waals surface area (Å²) in [4.78, 5) is 15.0. The van der Waals surface area contributed by atoms with E-state index in [4.69, 9.17) is 9.47 Å². The Hall–Kier alpha value is -2.49. The molecule has 9 heteroatoms. The quantitative estimate of drug-likeness (QED) is 0.614. The van der Waals surface area contributed by atoms with Crippen LogP contribution in [0.1, 0.15) is 19.3 Å². The maximum atomic E-state index is 13.3. The molecule has 2 aliphatic rings. The first-order chi connectivity index (χ1) is 15.9. The van der Waals surface area contributed by atoms with E-state index in [0.717, 1.165) is 12.1 Å². The van der Waals surface area contributed by atoms with Gasteiger partial charge in [0.25, 0.3) is 0 Å². The van der Waals surface area contributed by atoms with Crippen molar-refractivity contribution < 1.29 is 27.1 Å². The van der Waals surface area contributed by atoms with Gasteiger partial charge in [0.15, 0.2) is 0 Å². The summed E-state index contributed by atoms with van der Waals surface area (Å²) in [7, 11) is -3.83. The molecule has 2 aliphatic heterocycles. The standard InChI is InChI=1S/C24H29FN2O5S/c25-20-7-9-22(10-8-20)33(29,30)27-12-4-11-24(18-27,19-32-21-5-2-1-3-6-21)17-23(28)26-13-15-31-16-14-26/h1-3,5-10H,4,11-19H2/t24-/m0/s1. The summed E-state index contributed by atoms with van der Waals surface area (Å²) in [5.41, 5.74) is -0.670. The average molecular weight is 477 g/mol. The predicted molar refractivity (Wildman–Crippen MR) is 121 cm³/mol. The van der Waals surface area contributed by atoms with E-state index in [1.807, 2.05) is 30.3 Å².